The lowest BCUT2D eigenvalue weighted by Gasteiger charge is -2.41. The molecule has 108 valence electrons. The van der Waals surface area contributed by atoms with Gasteiger partial charge in [-0.1, -0.05) is 34.6 Å². The molecule has 0 saturated carbocycles. The molecule has 1 saturated heterocycles. The Kier molecular flexibility index (Phi) is 6.65. The van der Waals surface area contributed by atoms with Gasteiger partial charge in [0.15, 0.2) is 0 Å². The second kappa shape index (κ2) is 7.49. The summed E-state index contributed by atoms with van der Waals surface area (Å²) in [6, 6.07) is 0. The molecule has 0 aromatic heterocycles. The van der Waals surface area contributed by atoms with Crippen molar-refractivity contribution < 1.29 is 0 Å². The van der Waals surface area contributed by atoms with Crippen LogP contribution in [-0.4, -0.2) is 37.6 Å². The molecule has 1 N–H and O–H groups in total. The maximum Gasteiger partial charge on any atom is 0.00475 e. The maximum atomic E-state index is 3.61. The van der Waals surface area contributed by atoms with Crippen LogP contribution in [0.3, 0.4) is 0 Å². The quantitative estimate of drug-likeness (QED) is 0.701. The molecule has 1 rings (SSSR count). The van der Waals surface area contributed by atoms with Crippen LogP contribution in [0.15, 0.2) is 0 Å². The van der Waals surface area contributed by atoms with Gasteiger partial charge < -0.3 is 10.2 Å². The highest BCUT2D eigenvalue weighted by Crippen LogP contribution is 2.27. The number of nitrogens with one attached hydrogen (secondary N) is 1. The lowest BCUT2D eigenvalue weighted by molar-refractivity contribution is 0.0870. The van der Waals surface area contributed by atoms with E-state index in [0.717, 1.165) is 24.9 Å². The van der Waals surface area contributed by atoms with Crippen molar-refractivity contribution in [1.82, 2.24) is 10.2 Å². The average Bonchev–Trinajstić information content (AvgIpc) is 2.34. The van der Waals surface area contributed by atoms with Crippen LogP contribution in [-0.2, 0) is 0 Å². The van der Waals surface area contributed by atoms with E-state index in [9.17, 15) is 0 Å². The Hall–Kier alpha value is -0.0800. The third-order valence-electron chi connectivity index (χ3n) is 4.86. The largest absolute Gasteiger partial charge is 0.316 e. The number of nitrogens with zero attached hydrogens (tertiary/aromatic N) is 1. The molecule has 0 bridgehead atoms. The molecule has 0 spiro atoms. The van der Waals surface area contributed by atoms with Gasteiger partial charge in [-0.2, -0.15) is 0 Å². The van der Waals surface area contributed by atoms with Gasteiger partial charge in [0, 0.05) is 19.6 Å². The Labute approximate surface area is 115 Å². The average molecular weight is 254 g/mol. The van der Waals surface area contributed by atoms with E-state index in [4.69, 9.17) is 0 Å². The zero-order valence-corrected chi connectivity index (χ0v) is 13.3. The number of likely N-dealkylation sites (tertiary alicyclic amines) is 1. The summed E-state index contributed by atoms with van der Waals surface area (Å²) in [6.45, 7) is 18.0. The molecular weight excluding hydrogens is 220 g/mol. The van der Waals surface area contributed by atoms with Crippen molar-refractivity contribution >= 4 is 0 Å². The highest BCUT2D eigenvalue weighted by molar-refractivity contribution is 4.83. The SMILES string of the molecule is CCCNCC(C)(CC)CN1CCC(C)C(C)C1. The van der Waals surface area contributed by atoms with Crippen LogP contribution < -0.4 is 5.32 Å². The van der Waals surface area contributed by atoms with Crippen molar-refractivity contribution in [2.24, 2.45) is 17.3 Å². The van der Waals surface area contributed by atoms with E-state index in [1.807, 2.05) is 0 Å². The summed E-state index contributed by atoms with van der Waals surface area (Å²) in [7, 11) is 0. The molecule has 2 heteroatoms. The van der Waals surface area contributed by atoms with Crippen molar-refractivity contribution in [1.29, 1.82) is 0 Å². The van der Waals surface area contributed by atoms with Gasteiger partial charge >= 0.3 is 0 Å². The van der Waals surface area contributed by atoms with E-state index < -0.39 is 0 Å². The smallest absolute Gasteiger partial charge is 0.00475 e. The summed E-state index contributed by atoms with van der Waals surface area (Å²) in [4.78, 5) is 2.70. The highest BCUT2D eigenvalue weighted by Gasteiger charge is 2.29. The van der Waals surface area contributed by atoms with Crippen molar-refractivity contribution in [2.75, 3.05) is 32.7 Å². The highest BCUT2D eigenvalue weighted by atomic mass is 15.1. The molecule has 1 heterocycles. The monoisotopic (exact) mass is 254 g/mol. The van der Waals surface area contributed by atoms with Crippen molar-refractivity contribution in [2.45, 2.75) is 53.9 Å². The van der Waals surface area contributed by atoms with Crippen molar-refractivity contribution in [3.05, 3.63) is 0 Å². The van der Waals surface area contributed by atoms with Crippen LogP contribution in [0.4, 0.5) is 0 Å². The van der Waals surface area contributed by atoms with Crippen LogP contribution >= 0.6 is 0 Å². The fourth-order valence-corrected chi connectivity index (χ4v) is 2.89. The third kappa shape index (κ3) is 4.89. The van der Waals surface area contributed by atoms with E-state index in [0.29, 0.717) is 5.41 Å². The minimum absolute atomic E-state index is 0.440. The van der Waals surface area contributed by atoms with Gasteiger partial charge in [-0.3, -0.25) is 0 Å². The van der Waals surface area contributed by atoms with Gasteiger partial charge in [0.25, 0.3) is 0 Å². The van der Waals surface area contributed by atoms with E-state index in [-0.39, 0.29) is 0 Å². The van der Waals surface area contributed by atoms with E-state index in [1.165, 1.54) is 38.9 Å². The number of hydrogen-bond donors (Lipinski definition) is 1. The molecule has 1 aliphatic heterocycles. The Balaban J connectivity index is 2.41. The van der Waals surface area contributed by atoms with Gasteiger partial charge in [-0.05, 0) is 49.6 Å². The van der Waals surface area contributed by atoms with Crippen LogP contribution in [0.2, 0.25) is 0 Å². The summed E-state index contributed by atoms with van der Waals surface area (Å²) in [5.41, 5.74) is 0.440. The van der Waals surface area contributed by atoms with Gasteiger partial charge in [-0.15, -0.1) is 0 Å². The molecule has 3 unspecified atom stereocenters. The normalized spacial score (nSPS) is 29.2. The second-order valence-electron chi connectivity index (χ2n) is 6.82. The molecule has 0 aromatic rings. The topological polar surface area (TPSA) is 15.3 Å². The molecule has 3 atom stereocenters. The minimum Gasteiger partial charge on any atom is -0.316 e. The van der Waals surface area contributed by atoms with Crippen LogP contribution in [0.25, 0.3) is 0 Å². The van der Waals surface area contributed by atoms with Crippen molar-refractivity contribution in [3.63, 3.8) is 0 Å². The maximum absolute atomic E-state index is 3.61. The first-order valence-corrected chi connectivity index (χ1v) is 7.94. The molecule has 0 aliphatic carbocycles. The predicted octanol–water partition coefficient (Wildman–Crippen LogP) is 3.38. The molecule has 0 aromatic carbocycles. The number of piperidine rings is 1. The fraction of sp³-hybridized carbons (Fsp3) is 1.00. The minimum atomic E-state index is 0.440. The second-order valence-corrected chi connectivity index (χ2v) is 6.82. The molecule has 0 amide bonds. The van der Waals surface area contributed by atoms with E-state index in [2.05, 4.69) is 44.8 Å². The molecule has 2 nitrogen and oxygen atoms in total. The van der Waals surface area contributed by atoms with Crippen LogP contribution in [0.1, 0.15) is 53.9 Å². The zero-order valence-electron chi connectivity index (χ0n) is 13.3. The first kappa shape index (κ1) is 16.0. The Morgan fingerprint density at radius 2 is 1.94 bits per heavy atom. The van der Waals surface area contributed by atoms with E-state index in [1.54, 1.807) is 0 Å². The summed E-state index contributed by atoms with van der Waals surface area (Å²) in [6.07, 6.45) is 3.88. The van der Waals surface area contributed by atoms with Gasteiger partial charge in [0.05, 0.1) is 0 Å². The Morgan fingerprint density at radius 3 is 2.50 bits per heavy atom. The lowest BCUT2D eigenvalue weighted by Crippen LogP contribution is -2.47. The van der Waals surface area contributed by atoms with Gasteiger partial charge in [0.2, 0.25) is 0 Å². The standard InChI is InChI=1S/C16H34N2/c1-6-9-17-12-16(5,7-2)13-18-10-8-14(3)15(4)11-18/h14-15,17H,6-13H2,1-5H3. The molecule has 0 radical (unpaired) electrons. The number of hydrogen-bond acceptors (Lipinski definition) is 2. The summed E-state index contributed by atoms with van der Waals surface area (Å²) in [5, 5.41) is 3.61. The Bertz CT molecular complexity index is 229. The zero-order chi connectivity index (χ0) is 13.6. The number of rotatable bonds is 7. The summed E-state index contributed by atoms with van der Waals surface area (Å²) >= 11 is 0. The van der Waals surface area contributed by atoms with Crippen LogP contribution in [0, 0.1) is 17.3 Å². The molecule has 1 fully saturated rings. The molecule has 1 aliphatic rings. The summed E-state index contributed by atoms with van der Waals surface area (Å²) in [5.74, 6) is 1.77. The van der Waals surface area contributed by atoms with Gasteiger partial charge in [0.1, 0.15) is 0 Å². The first-order chi connectivity index (χ1) is 8.50. The lowest BCUT2D eigenvalue weighted by atomic mass is 9.83. The van der Waals surface area contributed by atoms with E-state index >= 15 is 0 Å². The summed E-state index contributed by atoms with van der Waals surface area (Å²) < 4.78 is 0. The Morgan fingerprint density at radius 1 is 1.22 bits per heavy atom. The molecule has 18 heavy (non-hydrogen) atoms. The molecular formula is C16H34N2. The van der Waals surface area contributed by atoms with Crippen molar-refractivity contribution in [3.8, 4) is 0 Å². The first-order valence-electron chi connectivity index (χ1n) is 7.94. The predicted molar refractivity (Wildman–Crippen MR) is 80.9 cm³/mol. The fourth-order valence-electron chi connectivity index (χ4n) is 2.89. The van der Waals surface area contributed by atoms with Gasteiger partial charge in [-0.25, -0.2) is 0 Å². The third-order valence-corrected chi connectivity index (χ3v) is 4.86. The van der Waals surface area contributed by atoms with Crippen LogP contribution in [0.5, 0.6) is 0 Å².